The molecule has 0 saturated heterocycles. The summed E-state index contributed by atoms with van der Waals surface area (Å²) in [6, 6.07) is 13.0. The molecule has 0 saturated carbocycles. The van der Waals surface area contributed by atoms with Crippen LogP contribution in [0.2, 0.25) is 5.02 Å². The van der Waals surface area contributed by atoms with Gasteiger partial charge in [0.25, 0.3) is 5.91 Å². The van der Waals surface area contributed by atoms with Gasteiger partial charge in [-0.05, 0) is 42.8 Å². The molecule has 2 aromatic carbocycles. The second kappa shape index (κ2) is 6.22. The van der Waals surface area contributed by atoms with Gasteiger partial charge in [0.1, 0.15) is 11.5 Å². The standard InChI is InChI=1S/C17H13ClFN3O/c1-10-8-11(19)6-7-14(10)20-17(23)16-9-15(21-22-16)12-4-2-3-5-13(12)18/h2-9H,1H3,(H,20,23)(H,21,22). The van der Waals surface area contributed by atoms with E-state index in [1.807, 2.05) is 18.2 Å². The van der Waals surface area contributed by atoms with Gasteiger partial charge in [-0.25, -0.2) is 4.39 Å². The van der Waals surface area contributed by atoms with Crippen molar-refractivity contribution in [2.24, 2.45) is 0 Å². The molecule has 0 aliphatic rings. The maximum atomic E-state index is 13.1. The number of halogens is 2. The van der Waals surface area contributed by atoms with Crippen molar-refractivity contribution in [2.45, 2.75) is 6.92 Å². The summed E-state index contributed by atoms with van der Waals surface area (Å²) in [5.41, 5.74) is 2.80. The van der Waals surface area contributed by atoms with Crippen LogP contribution >= 0.6 is 11.6 Å². The molecule has 0 radical (unpaired) electrons. The van der Waals surface area contributed by atoms with Crippen LogP contribution in [0.15, 0.2) is 48.5 Å². The van der Waals surface area contributed by atoms with Gasteiger partial charge in [-0.2, -0.15) is 5.10 Å². The smallest absolute Gasteiger partial charge is 0.273 e. The summed E-state index contributed by atoms with van der Waals surface area (Å²) in [7, 11) is 0. The molecule has 6 heteroatoms. The van der Waals surface area contributed by atoms with Crippen molar-refractivity contribution in [3.05, 3.63) is 70.6 Å². The third kappa shape index (κ3) is 3.24. The number of hydrogen-bond donors (Lipinski definition) is 2. The Morgan fingerprint density at radius 2 is 2.00 bits per heavy atom. The Balaban J connectivity index is 1.83. The number of H-pyrrole nitrogens is 1. The zero-order chi connectivity index (χ0) is 16.4. The molecule has 0 bridgehead atoms. The van der Waals surface area contributed by atoms with Gasteiger partial charge in [0.15, 0.2) is 0 Å². The normalized spacial score (nSPS) is 10.6. The lowest BCUT2D eigenvalue weighted by Gasteiger charge is -2.06. The second-order valence-electron chi connectivity index (χ2n) is 5.06. The number of nitrogens with one attached hydrogen (secondary N) is 2. The molecule has 116 valence electrons. The number of rotatable bonds is 3. The topological polar surface area (TPSA) is 57.8 Å². The Kier molecular flexibility index (Phi) is 4.12. The predicted octanol–water partition coefficient (Wildman–Crippen LogP) is 4.43. The molecule has 0 unspecified atom stereocenters. The van der Waals surface area contributed by atoms with Crippen LogP contribution in [-0.4, -0.2) is 16.1 Å². The van der Waals surface area contributed by atoms with Gasteiger partial charge in [-0.3, -0.25) is 9.89 Å². The summed E-state index contributed by atoms with van der Waals surface area (Å²) >= 11 is 6.12. The largest absolute Gasteiger partial charge is 0.320 e. The highest BCUT2D eigenvalue weighted by molar-refractivity contribution is 6.33. The summed E-state index contributed by atoms with van der Waals surface area (Å²) in [6.07, 6.45) is 0. The van der Waals surface area contributed by atoms with E-state index in [9.17, 15) is 9.18 Å². The molecule has 3 aromatic rings. The number of amides is 1. The zero-order valence-corrected chi connectivity index (χ0v) is 13.0. The second-order valence-corrected chi connectivity index (χ2v) is 5.47. The van der Waals surface area contributed by atoms with E-state index in [4.69, 9.17) is 11.6 Å². The molecular formula is C17H13ClFN3O. The number of aromatic amines is 1. The van der Waals surface area contributed by atoms with Crippen LogP contribution in [0.3, 0.4) is 0 Å². The molecule has 1 aromatic heterocycles. The average Bonchev–Trinajstić information content (AvgIpc) is 3.00. The first-order valence-electron chi connectivity index (χ1n) is 6.92. The third-order valence-electron chi connectivity index (χ3n) is 3.41. The van der Waals surface area contributed by atoms with E-state index in [1.165, 1.54) is 18.2 Å². The van der Waals surface area contributed by atoms with Crippen LogP contribution in [0.4, 0.5) is 10.1 Å². The number of carbonyl (C=O) groups excluding carboxylic acids is 1. The fourth-order valence-electron chi connectivity index (χ4n) is 2.20. The van der Waals surface area contributed by atoms with Gasteiger partial charge in [-0.1, -0.05) is 29.8 Å². The summed E-state index contributed by atoms with van der Waals surface area (Å²) < 4.78 is 13.1. The Morgan fingerprint density at radius 3 is 2.74 bits per heavy atom. The molecule has 1 heterocycles. The number of aromatic nitrogens is 2. The maximum Gasteiger partial charge on any atom is 0.273 e. The molecular weight excluding hydrogens is 317 g/mol. The van der Waals surface area contributed by atoms with Crippen LogP contribution in [0.5, 0.6) is 0 Å². The lowest BCUT2D eigenvalue weighted by Crippen LogP contribution is -2.13. The summed E-state index contributed by atoms with van der Waals surface area (Å²) in [4.78, 5) is 12.3. The van der Waals surface area contributed by atoms with Gasteiger partial charge in [-0.15, -0.1) is 0 Å². The summed E-state index contributed by atoms with van der Waals surface area (Å²) in [6.45, 7) is 1.72. The highest BCUT2D eigenvalue weighted by Gasteiger charge is 2.13. The number of nitrogens with zero attached hydrogens (tertiary/aromatic N) is 1. The molecule has 0 fully saturated rings. The van der Waals surface area contributed by atoms with Crippen LogP contribution in [-0.2, 0) is 0 Å². The van der Waals surface area contributed by atoms with Gasteiger partial charge < -0.3 is 5.32 Å². The first-order chi connectivity index (χ1) is 11.0. The molecule has 0 aliphatic heterocycles. The van der Waals surface area contributed by atoms with Crippen LogP contribution in [0.1, 0.15) is 16.1 Å². The summed E-state index contributed by atoms with van der Waals surface area (Å²) in [5, 5.41) is 10.1. The number of benzene rings is 2. The van der Waals surface area contributed by atoms with E-state index in [2.05, 4.69) is 15.5 Å². The Labute approximate surface area is 137 Å². The van der Waals surface area contributed by atoms with Gasteiger partial charge in [0.2, 0.25) is 0 Å². The lowest BCUT2D eigenvalue weighted by atomic mass is 10.1. The molecule has 2 N–H and O–H groups in total. The van der Waals surface area contributed by atoms with E-state index in [-0.39, 0.29) is 11.7 Å². The molecule has 1 amide bonds. The highest BCUT2D eigenvalue weighted by atomic mass is 35.5. The van der Waals surface area contributed by atoms with Crippen molar-refractivity contribution < 1.29 is 9.18 Å². The molecule has 4 nitrogen and oxygen atoms in total. The quantitative estimate of drug-likeness (QED) is 0.746. The number of aryl methyl sites for hydroxylation is 1. The Hall–Kier alpha value is -2.66. The van der Waals surface area contributed by atoms with Gasteiger partial charge in [0.05, 0.1) is 10.7 Å². The number of carbonyl (C=O) groups is 1. The predicted molar refractivity (Wildman–Crippen MR) is 88.1 cm³/mol. The SMILES string of the molecule is Cc1cc(F)ccc1NC(=O)c1cc(-c2ccccc2Cl)n[nH]1. The van der Waals surface area contributed by atoms with Crippen molar-refractivity contribution in [2.75, 3.05) is 5.32 Å². The number of hydrogen-bond acceptors (Lipinski definition) is 2. The Morgan fingerprint density at radius 1 is 1.22 bits per heavy atom. The van der Waals surface area contributed by atoms with Crippen LogP contribution < -0.4 is 5.32 Å². The number of anilines is 1. The van der Waals surface area contributed by atoms with E-state index in [0.29, 0.717) is 27.7 Å². The van der Waals surface area contributed by atoms with Crippen LogP contribution in [0, 0.1) is 12.7 Å². The van der Waals surface area contributed by atoms with Crippen molar-refractivity contribution in [3.8, 4) is 11.3 Å². The molecule has 23 heavy (non-hydrogen) atoms. The summed E-state index contributed by atoms with van der Waals surface area (Å²) in [5.74, 6) is -0.700. The fourth-order valence-corrected chi connectivity index (χ4v) is 2.43. The van der Waals surface area contributed by atoms with E-state index in [1.54, 1.807) is 19.1 Å². The van der Waals surface area contributed by atoms with E-state index in [0.717, 1.165) is 5.56 Å². The third-order valence-corrected chi connectivity index (χ3v) is 3.74. The van der Waals surface area contributed by atoms with Crippen molar-refractivity contribution >= 4 is 23.2 Å². The minimum Gasteiger partial charge on any atom is -0.320 e. The van der Waals surface area contributed by atoms with Gasteiger partial charge in [0, 0.05) is 11.3 Å². The van der Waals surface area contributed by atoms with E-state index >= 15 is 0 Å². The van der Waals surface area contributed by atoms with Crippen molar-refractivity contribution in [1.29, 1.82) is 0 Å². The van der Waals surface area contributed by atoms with E-state index < -0.39 is 0 Å². The molecule has 0 spiro atoms. The molecule has 0 aliphatic carbocycles. The lowest BCUT2D eigenvalue weighted by molar-refractivity contribution is 0.102. The van der Waals surface area contributed by atoms with Crippen LogP contribution in [0.25, 0.3) is 11.3 Å². The van der Waals surface area contributed by atoms with Crippen molar-refractivity contribution in [3.63, 3.8) is 0 Å². The zero-order valence-electron chi connectivity index (χ0n) is 12.2. The average molecular weight is 330 g/mol. The first kappa shape index (κ1) is 15.2. The fraction of sp³-hybridized carbons (Fsp3) is 0.0588. The molecule has 3 rings (SSSR count). The first-order valence-corrected chi connectivity index (χ1v) is 7.30. The highest BCUT2D eigenvalue weighted by Crippen LogP contribution is 2.26. The Bertz CT molecular complexity index is 876. The van der Waals surface area contributed by atoms with Crippen molar-refractivity contribution in [1.82, 2.24) is 10.2 Å². The monoisotopic (exact) mass is 329 g/mol. The minimum absolute atomic E-state index is 0.295. The minimum atomic E-state index is -0.356. The molecule has 0 atom stereocenters. The van der Waals surface area contributed by atoms with Gasteiger partial charge >= 0.3 is 0 Å². The maximum absolute atomic E-state index is 13.1.